The fourth-order valence-electron chi connectivity index (χ4n) is 1.83. The first-order valence-electron chi connectivity index (χ1n) is 7.06. The minimum atomic E-state index is -0.708. The van der Waals surface area contributed by atoms with Crippen LogP contribution in [0.5, 0.6) is 5.75 Å². The van der Waals surface area contributed by atoms with Gasteiger partial charge in [-0.15, -0.1) is 0 Å². The van der Waals surface area contributed by atoms with Gasteiger partial charge < -0.3 is 15.4 Å². The molecule has 122 valence electrons. The number of hydrogen-bond donors (Lipinski definition) is 2. The molecule has 0 radical (unpaired) electrons. The third-order valence-corrected chi connectivity index (χ3v) is 2.88. The maximum absolute atomic E-state index is 13.6. The van der Waals surface area contributed by atoms with Crippen molar-refractivity contribution < 1.29 is 18.7 Å². The van der Waals surface area contributed by atoms with E-state index in [9.17, 15) is 14.0 Å². The van der Waals surface area contributed by atoms with Crippen molar-refractivity contribution >= 4 is 17.5 Å². The van der Waals surface area contributed by atoms with Gasteiger partial charge in [0.15, 0.2) is 11.6 Å². The van der Waals surface area contributed by atoms with Crippen molar-refractivity contribution in [3.05, 3.63) is 24.0 Å². The van der Waals surface area contributed by atoms with Crippen LogP contribution in [0, 0.1) is 11.2 Å². The number of rotatable bonds is 5. The highest BCUT2D eigenvalue weighted by molar-refractivity contribution is 5.96. The highest BCUT2D eigenvalue weighted by Gasteiger charge is 2.20. The first-order chi connectivity index (χ1) is 10.1. The van der Waals surface area contributed by atoms with E-state index in [1.165, 1.54) is 25.3 Å². The summed E-state index contributed by atoms with van der Waals surface area (Å²) in [6, 6.07) is 3.41. The second kappa shape index (κ2) is 7.24. The van der Waals surface area contributed by atoms with Crippen LogP contribution in [0.1, 0.15) is 34.1 Å². The number of ether oxygens (including phenoxy) is 1. The van der Waals surface area contributed by atoms with Gasteiger partial charge in [0.1, 0.15) is 6.04 Å². The van der Waals surface area contributed by atoms with Crippen LogP contribution in [0.2, 0.25) is 0 Å². The smallest absolute Gasteiger partial charge is 0.246 e. The fraction of sp³-hybridized carbons (Fsp3) is 0.500. The van der Waals surface area contributed by atoms with Crippen LogP contribution in [-0.2, 0) is 9.59 Å². The van der Waals surface area contributed by atoms with Crippen molar-refractivity contribution in [3.8, 4) is 5.75 Å². The number of carbonyl (C=O) groups is 2. The molecule has 0 aliphatic rings. The molecule has 1 aromatic carbocycles. The Kier molecular flexibility index (Phi) is 5.91. The SMILES string of the molecule is COc1ccc(NC(=O)[C@H](C)NC(=O)CC(C)(C)C)cc1F. The van der Waals surface area contributed by atoms with Gasteiger partial charge in [-0.25, -0.2) is 4.39 Å². The molecule has 2 N–H and O–H groups in total. The Morgan fingerprint density at radius 3 is 2.45 bits per heavy atom. The number of nitrogens with one attached hydrogen (secondary N) is 2. The topological polar surface area (TPSA) is 67.4 Å². The van der Waals surface area contributed by atoms with E-state index in [-0.39, 0.29) is 17.1 Å². The van der Waals surface area contributed by atoms with E-state index in [4.69, 9.17) is 4.74 Å². The summed E-state index contributed by atoms with van der Waals surface area (Å²) in [5.41, 5.74) is 0.152. The zero-order chi connectivity index (χ0) is 16.9. The molecule has 5 nitrogen and oxygen atoms in total. The van der Waals surface area contributed by atoms with E-state index in [1.54, 1.807) is 6.92 Å². The van der Waals surface area contributed by atoms with Crippen LogP contribution in [0.3, 0.4) is 0 Å². The Hall–Kier alpha value is -2.11. The Morgan fingerprint density at radius 2 is 1.95 bits per heavy atom. The van der Waals surface area contributed by atoms with E-state index < -0.39 is 17.8 Å². The Bertz CT molecular complexity index is 553. The monoisotopic (exact) mass is 310 g/mol. The van der Waals surface area contributed by atoms with Crippen LogP contribution in [-0.4, -0.2) is 25.0 Å². The minimum absolute atomic E-state index is 0.101. The molecule has 0 heterocycles. The van der Waals surface area contributed by atoms with Gasteiger partial charge in [0.05, 0.1) is 7.11 Å². The normalized spacial score (nSPS) is 12.5. The zero-order valence-electron chi connectivity index (χ0n) is 13.6. The highest BCUT2D eigenvalue weighted by Crippen LogP contribution is 2.21. The molecule has 1 rings (SSSR count). The molecule has 0 aliphatic carbocycles. The molecule has 0 saturated heterocycles. The third-order valence-electron chi connectivity index (χ3n) is 2.88. The predicted octanol–water partition coefficient (Wildman–Crippen LogP) is 2.71. The van der Waals surface area contributed by atoms with Crippen LogP contribution >= 0.6 is 0 Å². The summed E-state index contributed by atoms with van der Waals surface area (Å²) in [6.07, 6.45) is 0.321. The summed E-state index contributed by atoms with van der Waals surface area (Å²) in [5.74, 6) is -1.07. The first kappa shape index (κ1) is 17.9. The molecule has 6 heteroatoms. The molecule has 0 fully saturated rings. The van der Waals surface area contributed by atoms with Gasteiger partial charge in [0.25, 0.3) is 0 Å². The van der Waals surface area contributed by atoms with Gasteiger partial charge in [0, 0.05) is 18.2 Å². The second-order valence-corrected chi connectivity index (χ2v) is 6.37. The maximum atomic E-state index is 13.6. The van der Waals surface area contributed by atoms with Gasteiger partial charge >= 0.3 is 0 Å². The summed E-state index contributed by atoms with van der Waals surface area (Å²) in [4.78, 5) is 23.8. The highest BCUT2D eigenvalue weighted by atomic mass is 19.1. The molecule has 0 bridgehead atoms. The van der Waals surface area contributed by atoms with Gasteiger partial charge in [-0.05, 0) is 24.5 Å². The lowest BCUT2D eigenvalue weighted by atomic mass is 9.92. The van der Waals surface area contributed by atoms with E-state index >= 15 is 0 Å². The Balaban J connectivity index is 2.61. The largest absolute Gasteiger partial charge is 0.494 e. The summed E-state index contributed by atoms with van der Waals surface area (Å²) in [7, 11) is 1.36. The summed E-state index contributed by atoms with van der Waals surface area (Å²) >= 11 is 0. The van der Waals surface area contributed by atoms with Gasteiger partial charge in [0.2, 0.25) is 11.8 Å². The fourth-order valence-corrected chi connectivity index (χ4v) is 1.83. The first-order valence-corrected chi connectivity index (χ1v) is 7.06. The predicted molar refractivity (Wildman–Crippen MR) is 83.3 cm³/mol. The van der Waals surface area contributed by atoms with Gasteiger partial charge in [-0.3, -0.25) is 9.59 Å². The van der Waals surface area contributed by atoms with Gasteiger partial charge in [-0.1, -0.05) is 20.8 Å². The molecular formula is C16H23FN2O3. The van der Waals surface area contributed by atoms with Crippen molar-refractivity contribution in [1.82, 2.24) is 5.32 Å². The average molecular weight is 310 g/mol. The molecule has 22 heavy (non-hydrogen) atoms. The van der Waals surface area contributed by atoms with Crippen molar-refractivity contribution in [1.29, 1.82) is 0 Å². The summed E-state index contributed by atoms with van der Waals surface area (Å²) < 4.78 is 18.4. The molecule has 0 spiro atoms. The number of methoxy groups -OCH3 is 1. The van der Waals surface area contributed by atoms with Crippen LogP contribution in [0.15, 0.2) is 18.2 Å². The third kappa shape index (κ3) is 5.71. The zero-order valence-corrected chi connectivity index (χ0v) is 13.6. The number of halogens is 1. The number of benzene rings is 1. The molecule has 2 amide bonds. The van der Waals surface area contributed by atoms with Crippen LogP contribution in [0.25, 0.3) is 0 Å². The lowest BCUT2D eigenvalue weighted by Gasteiger charge is -2.20. The summed E-state index contributed by atoms with van der Waals surface area (Å²) in [6.45, 7) is 7.40. The van der Waals surface area contributed by atoms with E-state index in [0.717, 1.165) is 0 Å². The molecule has 0 aromatic heterocycles. The molecule has 0 saturated carbocycles. The Labute approximate surface area is 130 Å². The van der Waals surface area contributed by atoms with Crippen LogP contribution in [0.4, 0.5) is 10.1 Å². The summed E-state index contributed by atoms with van der Waals surface area (Å²) in [5, 5.41) is 5.18. The number of anilines is 1. The Morgan fingerprint density at radius 1 is 1.32 bits per heavy atom. The van der Waals surface area contributed by atoms with Crippen molar-refractivity contribution in [2.24, 2.45) is 5.41 Å². The van der Waals surface area contributed by atoms with Crippen LogP contribution < -0.4 is 15.4 Å². The van der Waals surface area contributed by atoms with E-state index in [2.05, 4.69) is 10.6 Å². The molecule has 0 aliphatic heterocycles. The lowest BCUT2D eigenvalue weighted by molar-refractivity contribution is -0.127. The number of amides is 2. The quantitative estimate of drug-likeness (QED) is 0.878. The second-order valence-electron chi connectivity index (χ2n) is 6.37. The molecular weight excluding hydrogens is 287 g/mol. The number of carbonyl (C=O) groups excluding carboxylic acids is 2. The number of hydrogen-bond acceptors (Lipinski definition) is 3. The standard InChI is InChI=1S/C16H23FN2O3/c1-10(18-14(20)9-16(2,3)4)15(21)19-11-6-7-13(22-5)12(17)8-11/h6-8,10H,9H2,1-5H3,(H,18,20)(H,19,21)/t10-/m0/s1. The minimum Gasteiger partial charge on any atom is -0.494 e. The van der Waals surface area contributed by atoms with Crippen molar-refractivity contribution in [2.45, 2.75) is 40.2 Å². The van der Waals surface area contributed by atoms with Crippen molar-refractivity contribution in [2.75, 3.05) is 12.4 Å². The van der Waals surface area contributed by atoms with Gasteiger partial charge in [-0.2, -0.15) is 0 Å². The molecule has 0 unspecified atom stereocenters. The average Bonchev–Trinajstić information content (AvgIpc) is 2.36. The van der Waals surface area contributed by atoms with E-state index in [1.807, 2.05) is 20.8 Å². The molecule has 1 atom stereocenters. The maximum Gasteiger partial charge on any atom is 0.246 e. The van der Waals surface area contributed by atoms with Crippen molar-refractivity contribution in [3.63, 3.8) is 0 Å². The molecule has 1 aromatic rings. The lowest BCUT2D eigenvalue weighted by Crippen LogP contribution is -2.42. The van der Waals surface area contributed by atoms with E-state index in [0.29, 0.717) is 12.1 Å².